The number of imidazole rings is 1. The van der Waals surface area contributed by atoms with E-state index in [0.29, 0.717) is 0 Å². The maximum absolute atomic E-state index is 5.25. The molecule has 0 atom stereocenters. The first kappa shape index (κ1) is 20.9. The van der Waals surface area contributed by atoms with E-state index in [-0.39, 0.29) is 0 Å². The second kappa shape index (κ2) is 9.63. The minimum absolute atomic E-state index is 0.780. The lowest BCUT2D eigenvalue weighted by Gasteiger charge is -2.33. The van der Waals surface area contributed by atoms with E-state index in [0.717, 1.165) is 49.1 Å². The molecule has 0 amide bonds. The van der Waals surface area contributed by atoms with Crippen molar-refractivity contribution in [2.45, 2.75) is 25.8 Å². The van der Waals surface area contributed by atoms with E-state index in [1.54, 1.807) is 7.11 Å². The van der Waals surface area contributed by atoms with Crippen molar-refractivity contribution < 1.29 is 4.74 Å². The lowest BCUT2D eigenvalue weighted by atomic mass is 9.96. The highest BCUT2D eigenvalue weighted by Crippen LogP contribution is 2.21. The van der Waals surface area contributed by atoms with E-state index in [1.807, 2.05) is 0 Å². The molecule has 1 aliphatic rings. The second-order valence-corrected chi connectivity index (χ2v) is 8.66. The molecule has 0 spiro atoms. The van der Waals surface area contributed by atoms with Gasteiger partial charge in [-0.25, -0.2) is 4.98 Å². The summed E-state index contributed by atoms with van der Waals surface area (Å²) in [7, 11) is 6.07. The van der Waals surface area contributed by atoms with E-state index in [1.165, 1.54) is 37.0 Å². The van der Waals surface area contributed by atoms with E-state index >= 15 is 0 Å². The number of ether oxygens (including phenoxy) is 1. The largest absolute Gasteiger partial charge is 0.497 e. The molecule has 1 aliphatic heterocycles. The maximum Gasteiger partial charge on any atom is 0.123 e. The summed E-state index contributed by atoms with van der Waals surface area (Å²) in [5, 5.41) is 0. The molecule has 1 fully saturated rings. The van der Waals surface area contributed by atoms with E-state index < -0.39 is 0 Å². The number of hydrogen-bond acceptors (Lipinski definition) is 4. The molecule has 0 unspecified atom stereocenters. The molecule has 0 saturated carbocycles. The molecule has 30 heavy (non-hydrogen) atoms. The fourth-order valence-corrected chi connectivity index (χ4v) is 4.56. The molecule has 1 aromatic heterocycles. The third-order valence-corrected chi connectivity index (χ3v) is 6.44. The van der Waals surface area contributed by atoms with Crippen LogP contribution in [0.1, 0.15) is 24.2 Å². The Kier molecular flexibility index (Phi) is 6.70. The van der Waals surface area contributed by atoms with Gasteiger partial charge in [0, 0.05) is 20.1 Å². The van der Waals surface area contributed by atoms with E-state index in [2.05, 4.69) is 77.0 Å². The predicted molar refractivity (Wildman–Crippen MR) is 123 cm³/mol. The highest BCUT2D eigenvalue weighted by Gasteiger charge is 2.21. The number of nitrogens with zero attached hydrogens (tertiary/aromatic N) is 4. The van der Waals surface area contributed by atoms with Crippen LogP contribution in [0.3, 0.4) is 0 Å². The summed E-state index contributed by atoms with van der Waals surface area (Å²) in [4.78, 5) is 9.89. The predicted octanol–water partition coefficient (Wildman–Crippen LogP) is 3.97. The van der Waals surface area contributed by atoms with Crippen LogP contribution < -0.4 is 4.74 Å². The minimum atomic E-state index is 0.780. The van der Waals surface area contributed by atoms with Crippen LogP contribution in [0.15, 0.2) is 48.5 Å². The molecule has 5 nitrogen and oxygen atoms in total. The van der Waals surface area contributed by atoms with Gasteiger partial charge < -0.3 is 14.2 Å². The molecule has 160 valence electrons. The Hall–Kier alpha value is -2.37. The van der Waals surface area contributed by atoms with Crippen molar-refractivity contribution in [2.24, 2.45) is 13.0 Å². The first-order chi connectivity index (χ1) is 14.6. The van der Waals surface area contributed by atoms with E-state index in [9.17, 15) is 0 Å². The molecule has 5 heteroatoms. The number of rotatable bonds is 8. The van der Waals surface area contributed by atoms with Crippen LogP contribution in [0, 0.1) is 5.92 Å². The van der Waals surface area contributed by atoms with Crippen molar-refractivity contribution >= 4 is 11.0 Å². The van der Waals surface area contributed by atoms with Crippen molar-refractivity contribution in [1.29, 1.82) is 0 Å². The van der Waals surface area contributed by atoms with Gasteiger partial charge in [0.1, 0.15) is 11.6 Å². The lowest BCUT2D eigenvalue weighted by molar-refractivity contribution is 0.152. The normalized spacial score (nSPS) is 15.9. The SMILES string of the molecule is COc1ccc(CCN2CCC(CN(C)Cc3nc4ccccc4n3C)CC2)cc1. The molecule has 2 heterocycles. The summed E-state index contributed by atoms with van der Waals surface area (Å²) in [6.07, 6.45) is 3.69. The van der Waals surface area contributed by atoms with Gasteiger partial charge in [-0.1, -0.05) is 24.3 Å². The highest BCUT2D eigenvalue weighted by molar-refractivity contribution is 5.75. The number of piperidine rings is 1. The molecular formula is C25H34N4O. The number of hydrogen-bond donors (Lipinski definition) is 0. The number of aromatic nitrogens is 2. The van der Waals surface area contributed by atoms with Crippen LogP contribution in [0.4, 0.5) is 0 Å². The average molecular weight is 407 g/mol. The quantitative estimate of drug-likeness (QED) is 0.567. The highest BCUT2D eigenvalue weighted by atomic mass is 16.5. The van der Waals surface area contributed by atoms with Crippen molar-refractivity contribution in [3.63, 3.8) is 0 Å². The zero-order valence-corrected chi connectivity index (χ0v) is 18.6. The van der Waals surface area contributed by atoms with Crippen LogP contribution >= 0.6 is 0 Å². The van der Waals surface area contributed by atoms with Gasteiger partial charge in [0.15, 0.2) is 0 Å². The van der Waals surface area contributed by atoms with Crippen LogP contribution in [0.2, 0.25) is 0 Å². The lowest BCUT2D eigenvalue weighted by Crippen LogP contribution is -2.38. The fraction of sp³-hybridized carbons (Fsp3) is 0.480. The summed E-state index contributed by atoms with van der Waals surface area (Å²) < 4.78 is 7.48. The van der Waals surface area contributed by atoms with Crippen molar-refractivity contribution in [3.8, 4) is 5.75 Å². The van der Waals surface area contributed by atoms with Crippen molar-refractivity contribution in [2.75, 3.05) is 40.3 Å². The second-order valence-electron chi connectivity index (χ2n) is 8.66. The maximum atomic E-state index is 5.25. The van der Waals surface area contributed by atoms with Crippen molar-refractivity contribution in [1.82, 2.24) is 19.4 Å². The molecule has 4 rings (SSSR count). The Labute approximate surface area is 180 Å². The van der Waals surface area contributed by atoms with Crippen LogP contribution in [0.5, 0.6) is 5.75 Å². The Morgan fingerprint density at radius 3 is 2.50 bits per heavy atom. The molecule has 0 aliphatic carbocycles. The Balaban J connectivity index is 1.21. The Morgan fingerprint density at radius 1 is 1.07 bits per heavy atom. The zero-order valence-electron chi connectivity index (χ0n) is 18.6. The van der Waals surface area contributed by atoms with Gasteiger partial charge in [-0.3, -0.25) is 4.90 Å². The number of para-hydroxylation sites is 2. The molecule has 0 radical (unpaired) electrons. The molecule has 1 saturated heterocycles. The third-order valence-electron chi connectivity index (χ3n) is 6.44. The summed E-state index contributed by atoms with van der Waals surface area (Å²) in [6.45, 7) is 5.62. The first-order valence-corrected chi connectivity index (χ1v) is 11.1. The zero-order chi connectivity index (χ0) is 20.9. The van der Waals surface area contributed by atoms with E-state index in [4.69, 9.17) is 9.72 Å². The van der Waals surface area contributed by atoms with Gasteiger partial charge in [-0.2, -0.15) is 0 Å². The number of benzene rings is 2. The Bertz CT molecular complexity index is 941. The summed E-state index contributed by atoms with van der Waals surface area (Å²) in [5.74, 6) is 2.86. The summed E-state index contributed by atoms with van der Waals surface area (Å²) >= 11 is 0. The third kappa shape index (κ3) is 5.02. The topological polar surface area (TPSA) is 33.5 Å². The average Bonchev–Trinajstić information content (AvgIpc) is 3.09. The molecule has 0 N–H and O–H groups in total. The van der Waals surface area contributed by atoms with Gasteiger partial charge in [0.2, 0.25) is 0 Å². The van der Waals surface area contributed by atoms with Gasteiger partial charge in [0.25, 0.3) is 0 Å². The van der Waals surface area contributed by atoms with Crippen LogP contribution in [0.25, 0.3) is 11.0 Å². The fourth-order valence-electron chi connectivity index (χ4n) is 4.56. The number of fused-ring (bicyclic) bond motifs is 1. The van der Waals surface area contributed by atoms with Crippen LogP contribution in [-0.2, 0) is 20.0 Å². The summed E-state index contributed by atoms with van der Waals surface area (Å²) in [6, 6.07) is 16.9. The van der Waals surface area contributed by atoms with Gasteiger partial charge in [-0.05, 0) is 75.1 Å². The first-order valence-electron chi connectivity index (χ1n) is 11.1. The Morgan fingerprint density at radius 2 is 1.80 bits per heavy atom. The smallest absolute Gasteiger partial charge is 0.123 e. The number of likely N-dealkylation sites (tertiary alicyclic amines) is 1. The van der Waals surface area contributed by atoms with Crippen LogP contribution in [-0.4, -0.2) is 59.7 Å². The molecule has 3 aromatic rings. The van der Waals surface area contributed by atoms with Gasteiger partial charge >= 0.3 is 0 Å². The molecule has 0 bridgehead atoms. The van der Waals surface area contributed by atoms with Gasteiger partial charge in [0.05, 0.1) is 24.7 Å². The minimum Gasteiger partial charge on any atom is -0.497 e. The monoisotopic (exact) mass is 406 g/mol. The molecular weight excluding hydrogens is 372 g/mol. The van der Waals surface area contributed by atoms with Crippen molar-refractivity contribution in [3.05, 3.63) is 59.9 Å². The number of methoxy groups -OCH3 is 1. The number of aryl methyl sites for hydroxylation is 1. The molecule has 2 aromatic carbocycles. The summed E-state index contributed by atoms with van der Waals surface area (Å²) in [5.41, 5.74) is 3.69. The van der Waals surface area contributed by atoms with Gasteiger partial charge in [-0.15, -0.1) is 0 Å². The standard InChI is InChI=1S/C25H34N4O/c1-27(19-25-26-23-6-4-5-7-24(23)28(25)2)18-21-13-16-29(17-14-21)15-12-20-8-10-22(30-3)11-9-20/h4-11,21H,12-19H2,1-3H3.